The Kier molecular flexibility index (Phi) is 4.34. The molecule has 0 spiro atoms. The average molecular weight is 301 g/mol. The Bertz CT molecular complexity index is 619. The Morgan fingerprint density at radius 1 is 1.36 bits per heavy atom. The number of aryl methyl sites for hydroxylation is 2. The second-order valence-corrected chi connectivity index (χ2v) is 5.79. The molecule has 5 heteroatoms. The van der Waals surface area contributed by atoms with E-state index in [9.17, 15) is 0 Å². The van der Waals surface area contributed by atoms with Crippen LogP contribution in [0.25, 0.3) is 0 Å². The van der Waals surface area contributed by atoms with Crippen molar-refractivity contribution in [3.05, 3.63) is 41.3 Å². The summed E-state index contributed by atoms with van der Waals surface area (Å²) in [5, 5.41) is 7.63. The lowest BCUT2D eigenvalue weighted by atomic mass is 10.2. The molecular weight excluding hydrogens is 278 g/mol. The monoisotopic (exact) mass is 301 g/mol. The molecule has 0 aliphatic carbocycles. The molecule has 1 aliphatic heterocycles. The molecule has 2 aromatic rings. The lowest BCUT2D eigenvalue weighted by Gasteiger charge is -2.21. The predicted octanol–water partition coefficient (Wildman–Crippen LogP) is 2.67. The Morgan fingerprint density at radius 3 is 2.91 bits per heavy atom. The fourth-order valence-corrected chi connectivity index (χ4v) is 3.04. The number of ether oxygens (including phenoxy) is 1. The largest absolute Gasteiger partial charge is 0.495 e. The normalized spacial score (nSPS) is 18.0. The molecule has 1 fully saturated rings. The number of aromatic nitrogens is 1. The van der Waals surface area contributed by atoms with Gasteiger partial charge in [-0.05, 0) is 32.4 Å². The minimum Gasteiger partial charge on any atom is -0.495 e. The van der Waals surface area contributed by atoms with Crippen molar-refractivity contribution in [1.82, 2.24) is 10.5 Å². The Morgan fingerprint density at radius 2 is 2.18 bits per heavy atom. The van der Waals surface area contributed by atoms with Gasteiger partial charge in [-0.25, -0.2) is 0 Å². The third kappa shape index (κ3) is 2.95. The smallest absolute Gasteiger partial charge is 0.142 e. The van der Waals surface area contributed by atoms with Gasteiger partial charge in [-0.1, -0.05) is 17.3 Å². The number of methoxy groups -OCH3 is 1. The molecule has 1 aromatic heterocycles. The van der Waals surface area contributed by atoms with Crippen LogP contribution in [0.3, 0.4) is 0 Å². The maximum Gasteiger partial charge on any atom is 0.142 e. The number of benzene rings is 1. The lowest BCUT2D eigenvalue weighted by molar-refractivity contribution is 0.391. The quantitative estimate of drug-likeness (QED) is 0.920. The fraction of sp³-hybridized carbons (Fsp3) is 0.471. The number of hydrogen-bond acceptors (Lipinski definition) is 5. The summed E-state index contributed by atoms with van der Waals surface area (Å²) in [5.41, 5.74) is 3.33. The first kappa shape index (κ1) is 14.9. The van der Waals surface area contributed by atoms with Crippen LogP contribution in [0.15, 0.2) is 28.8 Å². The van der Waals surface area contributed by atoms with Gasteiger partial charge >= 0.3 is 0 Å². The van der Waals surface area contributed by atoms with Crippen LogP contribution < -0.4 is 15.0 Å². The maximum atomic E-state index is 5.46. The molecule has 1 aromatic carbocycles. The number of nitrogens with zero attached hydrogens (tertiary/aromatic N) is 2. The van der Waals surface area contributed by atoms with E-state index in [1.807, 2.05) is 26.0 Å². The summed E-state index contributed by atoms with van der Waals surface area (Å²) in [4.78, 5) is 2.38. The van der Waals surface area contributed by atoms with E-state index in [0.29, 0.717) is 6.04 Å². The van der Waals surface area contributed by atoms with Crippen LogP contribution in [0.5, 0.6) is 5.75 Å². The van der Waals surface area contributed by atoms with E-state index >= 15 is 0 Å². The van der Waals surface area contributed by atoms with Gasteiger partial charge in [0.05, 0.1) is 18.5 Å². The molecular formula is C17H23N3O2. The number of hydrogen-bond donors (Lipinski definition) is 1. The van der Waals surface area contributed by atoms with Crippen LogP contribution in [0, 0.1) is 13.8 Å². The van der Waals surface area contributed by atoms with Gasteiger partial charge in [-0.15, -0.1) is 0 Å². The summed E-state index contributed by atoms with van der Waals surface area (Å²) in [7, 11) is 1.72. The van der Waals surface area contributed by atoms with Crippen molar-refractivity contribution in [2.45, 2.75) is 32.9 Å². The molecule has 1 unspecified atom stereocenters. The molecule has 1 saturated heterocycles. The van der Waals surface area contributed by atoms with Gasteiger partial charge in [0.2, 0.25) is 0 Å². The van der Waals surface area contributed by atoms with Gasteiger partial charge in [0.1, 0.15) is 11.5 Å². The van der Waals surface area contributed by atoms with Crippen LogP contribution in [-0.2, 0) is 6.54 Å². The van der Waals surface area contributed by atoms with E-state index in [0.717, 1.165) is 43.3 Å². The van der Waals surface area contributed by atoms with Gasteiger partial charge in [0, 0.05) is 31.2 Å². The fourth-order valence-electron chi connectivity index (χ4n) is 3.04. The minimum absolute atomic E-state index is 0.471. The summed E-state index contributed by atoms with van der Waals surface area (Å²) in [6, 6.07) is 8.67. The SMILES string of the molecule is COc1ccccc1N1CCC(NCc2c(C)noc2C)C1. The highest BCUT2D eigenvalue weighted by molar-refractivity contribution is 5.59. The second kappa shape index (κ2) is 6.40. The van der Waals surface area contributed by atoms with E-state index in [1.54, 1.807) is 7.11 Å². The third-order valence-corrected chi connectivity index (χ3v) is 4.36. The van der Waals surface area contributed by atoms with Crippen LogP contribution in [0.4, 0.5) is 5.69 Å². The zero-order valence-electron chi connectivity index (χ0n) is 13.4. The molecule has 0 amide bonds. The zero-order valence-corrected chi connectivity index (χ0v) is 13.4. The molecule has 5 nitrogen and oxygen atoms in total. The number of rotatable bonds is 5. The minimum atomic E-state index is 0.471. The van der Waals surface area contributed by atoms with Crippen molar-refractivity contribution in [3.8, 4) is 5.75 Å². The van der Waals surface area contributed by atoms with Crippen molar-refractivity contribution >= 4 is 5.69 Å². The Labute approximate surface area is 131 Å². The molecule has 118 valence electrons. The van der Waals surface area contributed by atoms with Gasteiger partial charge in [-0.3, -0.25) is 0 Å². The molecule has 1 N–H and O–H groups in total. The summed E-state index contributed by atoms with van der Waals surface area (Å²) >= 11 is 0. The van der Waals surface area contributed by atoms with E-state index in [-0.39, 0.29) is 0 Å². The van der Waals surface area contributed by atoms with Crippen molar-refractivity contribution in [1.29, 1.82) is 0 Å². The van der Waals surface area contributed by atoms with Crippen LogP contribution >= 0.6 is 0 Å². The molecule has 0 bridgehead atoms. The van der Waals surface area contributed by atoms with Crippen LogP contribution in [0.2, 0.25) is 0 Å². The Balaban J connectivity index is 1.61. The zero-order chi connectivity index (χ0) is 15.5. The standard InChI is InChI=1S/C17H23N3O2/c1-12-15(13(2)22-19-12)10-18-14-8-9-20(11-14)16-6-4-5-7-17(16)21-3/h4-7,14,18H,8-11H2,1-3H3. The van der Waals surface area contributed by atoms with Gasteiger partial charge in [0.15, 0.2) is 0 Å². The van der Waals surface area contributed by atoms with E-state index < -0.39 is 0 Å². The highest BCUT2D eigenvalue weighted by atomic mass is 16.5. The third-order valence-electron chi connectivity index (χ3n) is 4.36. The summed E-state index contributed by atoms with van der Waals surface area (Å²) in [6.45, 7) is 6.80. The average Bonchev–Trinajstić information content (AvgIpc) is 3.13. The van der Waals surface area contributed by atoms with E-state index in [2.05, 4.69) is 27.5 Å². The molecule has 1 atom stereocenters. The second-order valence-electron chi connectivity index (χ2n) is 5.79. The maximum absolute atomic E-state index is 5.46. The Hall–Kier alpha value is -2.01. The molecule has 1 aliphatic rings. The summed E-state index contributed by atoms with van der Waals surface area (Å²) in [5.74, 6) is 1.85. The lowest BCUT2D eigenvalue weighted by Crippen LogP contribution is -2.32. The molecule has 22 heavy (non-hydrogen) atoms. The van der Waals surface area contributed by atoms with Crippen LogP contribution in [-0.4, -0.2) is 31.4 Å². The van der Waals surface area contributed by atoms with Gasteiger partial charge in [0.25, 0.3) is 0 Å². The van der Waals surface area contributed by atoms with Gasteiger partial charge in [-0.2, -0.15) is 0 Å². The van der Waals surface area contributed by atoms with Gasteiger partial charge < -0.3 is 19.5 Å². The summed E-state index contributed by atoms with van der Waals surface area (Å²) in [6.07, 6.45) is 1.13. The topological polar surface area (TPSA) is 50.5 Å². The van der Waals surface area contributed by atoms with E-state index in [1.165, 1.54) is 11.3 Å². The van der Waals surface area contributed by atoms with E-state index in [4.69, 9.17) is 9.26 Å². The first-order valence-corrected chi connectivity index (χ1v) is 7.72. The molecule has 0 radical (unpaired) electrons. The number of para-hydroxylation sites is 2. The highest BCUT2D eigenvalue weighted by Crippen LogP contribution is 2.30. The number of nitrogens with one attached hydrogen (secondary N) is 1. The molecule has 0 saturated carbocycles. The highest BCUT2D eigenvalue weighted by Gasteiger charge is 2.24. The summed E-state index contributed by atoms with van der Waals surface area (Å²) < 4.78 is 10.7. The van der Waals surface area contributed by atoms with Crippen molar-refractivity contribution in [2.24, 2.45) is 0 Å². The number of anilines is 1. The van der Waals surface area contributed by atoms with Crippen molar-refractivity contribution in [3.63, 3.8) is 0 Å². The van der Waals surface area contributed by atoms with Crippen molar-refractivity contribution < 1.29 is 9.26 Å². The molecule has 3 rings (SSSR count). The predicted molar refractivity (Wildman–Crippen MR) is 86.4 cm³/mol. The first-order valence-electron chi connectivity index (χ1n) is 7.72. The van der Waals surface area contributed by atoms with Crippen LogP contribution in [0.1, 0.15) is 23.4 Å². The molecule has 2 heterocycles. The first-order chi connectivity index (χ1) is 10.7. The van der Waals surface area contributed by atoms with Crippen molar-refractivity contribution in [2.75, 3.05) is 25.1 Å².